The molecule has 0 aliphatic heterocycles. The second-order valence-corrected chi connectivity index (χ2v) is 4.06. The molecule has 7 nitrogen and oxygen atoms in total. The SMILES string of the molecule is CC(C)(N=NC(C)(CN)C(=N)N)C(=N)N. The summed E-state index contributed by atoms with van der Waals surface area (Å²) in [6.45, 7) is 4.99. The molecule has 86 valence electrons. The maximum atomic E-state index is 7.32. The molecular formula is C8H19N7. The van der Waals surface area contributed by atoms with Crippen LogP contribution in [0.25, 0.3) is 0 Å². The first kappa shape index (κ1) is 13.5. The fourth-order valence-electron chi connectivity index (χ4n) is 0.494. The molecule has 0 bridgehead atoms. The highest BCUT2D eigenvalue weighted by molar-refractivity contribution is 5.88. The van der Waals surface area contributed by atoms with Gasteiger partial charge in [0.1, 0.15) is 22.7 Å². The predicted molar refractivity (Wildman–Crippen MR) is 60.2 cm³/mol. The van der Waals surface area contributed by atoms with E-state index in [2.05, 4.69) is 10.2 Å². The maximum absolute atomic E-state index is 7.32. The first-order valence-corrected chi connectivity index (χ1v) is 4.49. The van der Waals surface area contributed by atoms with E-state index >= 15 is 0 Å². The van der Waals surface area contributed by atoms with Gasteiger partial charge in [0, 0.05) is 6.54 Å². The zero-order valence-corrected chi connectivity index (χ0v) is 9.33. The van der Waals surface area contributed by atoms with Gasteiger partial charge in [-0.1, -0.05) is 0 Å². The van der Waals surface area contributed by atoms with Crippen molar-refractivity contribution in [1.29, 1.82) is 10.8 Å². The van der Waals surface area contributed by atoms with Crippen molar-refractivity contribution >= 4 is 11.7 Å². The average molecular weight is 213 g/mol. The Balaban J connectivity index is 4.92. The Kier molecular flexibility index (Phi) is 3.91. The second-order valence-electron chi connectivity index (χ2n) is 4.06. The fraction of sp³-hybridized carbons (Fsp3) is 0.750. The van der Waals surface area contributed by atoms with Crippen molar-refractivity contribution in [3.8, 4) is 0 Å². The van der Waals surface area contributed by atoms with Gasteiger partial charge < -0.3 is 17.2 Å². The Hall–Kier alpha value is -1.50. The molecule has 0 radical (unpaired) electrons. The number of nitrogens with zero attached hydrogens (tertiary/aromatic N) is 2. The number of hydrogen-bond donors (Lipinski definition) is 5. The van der Waals surface area contributed by atoms with Gasteiger partial charge in [0.25, 0.3) is 0 Å². The quantitative estimate of drug-likeness (QED) is 0.244. The third-order valence-corrected chi connectivity index (χ3v) is 2.16. The minimum Gasteiger partial charge on any atom is -0.386 e. The summed E-state index contributed by atoms with van der Waals surface area (Å²) in [5.41, 5.74) is 14.2. The van der Waals surface area contributed by atoms with Gasteiger partial charge >= 0.3 is 0 Å². The van der Waals surface area contributed by atoms with Crippen molar-refractivity contribution in [3.05, 3.63) is 0 Å². The summed E-state index contributed by atoms with van der Waals surface area (Å²) < 4.78 is 0. The highest BCUT2D eigenvalue weighted by Crippen LogP contribution is 2.14. The van der Waals surface area contributed by atoms with Gasteiger partial charge in [0.05, 0.1) is 0 Å². The molecule has 8 N–H and O–H groups in total. The van der Waals surface area contributed by atoms with E-state index in [9.17, 15) is 0 Å². The van der Waals surface area contributed by atoms with Crippen LogP contribution in [-0.2, 0) is 0 Å². The van der Waals surface area contributed by atoms with Gasteiger partial charge in [-0.15, -0.1) is 0 Å². The molecule has 0 fully saturated rings. The van der Waals surface area contributed by atoms with E-state index in [-0.39, 0.29) is 18.2 Å². The van der Waals surface area contributed by atoms with Crippen molar-refractivity contribution in [2.24, 2.45) is 27.4 Å². The average Bonchev–Trinajstić information content (AvgIpc) is 2.13. The van der Waals surface area contributed by atoms with Crippen LogP contribution in [0.3, 0.4) is 0 Å². The molecule has 0 amide bonds. The van der Waals surface area contributed by atoms with Crippen molar-refractivity contribution in [3.63, 3.8) is 0 Å². The highest BCUT2D eigenvalue weighted by Gasteiger charge is 2.28. The van der Waals surface area contributed by atoms with Crippen LogP contribution in [0, 0.1) is 10.8 Å². The topological polar surface area (TPSA) is 150 Å². The minimum absolute atomic E-state index is 0.0832. The zero-order chi connectivity index (χ0) is 12.3. The smallest absolute Gasteiger partial charge is 0.147 e. The molecule has 0 aromatic rings. The molecule has 0 saturated carbocycles. The van der Waals surface area contributed by atoms with E-state index < -0.39 is 11.1 Å². The molecule has 0 aliphatic rings. The Labute approximate surface area is 89.1 Å². The lowest BCUT2D eigenvalue weighted by Gasteiger charge is -2.23. The lowest BCUT2D eigenvalue weighted by atomic mass is 10.0. The van der Waals surface area contributed by atoms with Crippen molar-refractivity contribution in [2.45, 2.75) is 31.8 Å². The van der Waals surface area contributed by atoms with Gasteiger partial charge in [-0.25, -0.2) is 0 Å². The maximum Gasteiger partial charge on any atom is 0.147 e. The Bertz CT molecular complexity index is 293. The standard InChI is InChI=1S/C8H19N7/c1-7(2,5(10)11)14-15-8(3,4-9)6(12)13/h4,9H2,1-3H3,(H3,10,11)(H3,12,13). The molecule has 7 heteroatoms. The molecule has 0 rings (SSSR count). The minimum atomic E-state index is -1.02. The van der Waals surface area contributed by atoms with E-state index in [1.165, 1.54) is 0 Å². The lowest BCUT2D eigenvalue weighted by Crippen LogP contribution is -2.46. The van der Waals surface area contributed by atoms with Gasteiger partial charge in [-0.05, 0) is 20.8 Å². The molecule has 15 heavy (non-hydrogen) atoms. The van der Waals surface area contributed by atoms with Crippen molar-refractivity contribution in [2.75, 3.05) is 6.54 Å². The Morgan fingerprint density at radius 2 is 1.53 bits per heavy atom. The first-order chi connectivity index (χ1) is 6.65. The van der Waals surface area contributed by atoms with Crippen LogP contribution in [0.2, 0.25) is 0 Å². The summed E-state index contributed by atoms with van der Waals surface area (Å²) in [6, 6.07) is 0. The fourth-order valence-corrected chi connectivity index (χ4v) is 0.494. The van der Waals surface area contributed by atoms with Crippen LogP contribution in [0.15, 0.2) is 10.2 Å². The molecule has 0 aromatic heterocycles. The van der Waals surface area contributed by atoms with Crippen molar-refractivity contribution < 1.29 is 0 Å². The summed E-state index contributed by atoms with van der Waals surface area (Å²) in [4.78, 5) is 0. The Morgan fingerprint density at radius 1 is 1.07 bits per heavy atom. The van der Waals surface area contributed by atoms with E-state index in [1.54, 1.807) is 20.8 Å². The number of amidine groups is 2. The normalized spacial score (nSPS) is 16.3. The van der Waals surface area contributed by atoms with Gasteiger partial charge in [-0.2, -0.15) is 10.2 Å². The van der Waals surface area contributed by atoms with E-state index in [0.717, 1.165) is 0 Å². The summed E-state index contributed by atoms with van der Waals surface area (Å²) in [5, 5.41) is 22.4. The molecule has 1 atom stereocenters. The van der Waals surface area contributed by atoms with Gasteiger partial charge in [0.2, 0.25) is 0 Å². The monoisotopic (exact) mass is 213 g/mol. The molecule has 0 aromatic carbocycles. The van der Waals surface area contributed by atoms with Crippen LogP contribution in [0.4, 0.5) is 0 Å². The van der Waals surface area contributed by atoms with E-state index in [0.29, 0.717) is 0 Å². The predicted octanol–water partition coefficient (Wildman–Crippen LogP) is -0.193. The summed E-state index contributed by atoms with van der Waals surface area (Å²) in [7, 11) is 0. The van der Waals surface area contributed by atoms with Gasteiger partial charge in [0.15, 0.2) is 0 Å². The highest BCUT2D eigenvalue weighted by atomic mass is 15.2. The van der Waals surface area contributed by atoms with Crippen LogP contribution in [0.1, 0.15) is 20.8 Å². The largest absolute Gasteiger partial charge is 0.386 e. The third-order valence-electron chi connectivity index (χ3n) is 2.16. The van der Waals surface area contributed by atoms with Crippen LogP contribution in [0.5, 0.6) is 0 Å². The van der Waals surface area contributed by atoms with Crippen LogP contribution < -0.4 is 17.2 Å². The molecule has 0 heterocycles. The zero-order valence-electron chi connectivity index (χ0n) is 9.33. The van der Waals surface area contributed by atoms with Crippen LogP contribution >= 0.6 is 0 Å². The second kappa shape index (κ2) is 4.35. The number of nitrogens with two attached hydrogens (primary N) is 3. The number of azo groups is 1. The number of nitrogens with one attached hydrogen (secondary N) is 2. The molecule has 0 spiro atoms. The summed E-state index contributed by atoms with van der Waals surface area (Å²) in [5.74, 6) is -0.262. The molecule has 0 aliphatic carbocycles. The number of hydrogen-bond acceptors (Lipinski definition) is 5. The summed E-state index contributed by atoms with van der Waals surface area (Å²) >= 11 is 0. The molecular weight excluding hydrogens is 194 g/mol. The first-order valence-electron chi connectivity index (χ1n) is 4.49. The molecule has 1 unspecified atom stereocenters. The number of rotatable bonds is 5. The van der Waals surface area contributed by atoms with Crippen molar-refractivity contribution in [1.82, 2.24) is 0 Å². The van der Waals surface area contributed by atoms with E-state index in [1.807, 2.05) is 0 Å². The molecule has 0 saturated heterocycles. The summed E-state index contributed by atoms with van der Waals surface area (Å²) in [6.07, 6.45) is 0. The van der Waals surface area contributed by atoms with E-state index in [4.69, 9.17) is 28.0 Å². The third kappa shape index (κ3) is 3.28. The Morgan fingerprint density at radius 3 is 1.80 bits per heavy atom. The van der Waals surface area contributed by atoms with Crippen LogP contribution in [-0.4, -0.2) is 29.3 Å². The lowest BCUT2D eigenvalue weighted by molar-refractivity contribution is 0.533. The van der Waals surface area contributed by atoms with Gasteiger partial charge in [-0.3, -0.25) is 10.8 Å².